The number of rotatable bonds is 7. The SMILES string of the molecule is CN=C(NCCN(C)c1ccccc1)NCC1(C(=O)N(C)C)CCCC1.I. The molecule has 0 saturated heterocycles. The highest BCUT2D eigenvalue weighted by atomic mass is 127. The number of hydrogen-bond donors (Lipinski definition) is 2. The van der Waals surface area contributed by atoms with E-state index in [0.29, 0.717) is 6.54 Å². The van der Waals surface area contributed by atoms with Gasteiger partial charge in [0.1, 0.15) is 0 Å². The molecular formula is C20H34IN5O. The molecule has 7 heteroatoms. The van der Waals surface area contributed by atoms with E-state index in [2.05, 4.69) is 39.7 Å². The summed E-state index contributed by atoms with van der Waals surface area (Å²) in [6.07, 6.45) is 4.14. The van der Waals surface area contributed by atoms with E-state index >= 15 is 0 Å². The third-order valence-corrected chi connectivity index (χ3v) is 5.17. The minimum absolute atomic E-state index is 0. The number of hydrogen-bond acceptors (Lipinski definition) is 3. The molecule has 1 aliphatic rings. The zero-order valence-corrected chi connectivity index (χ0v) is 19.3. The summed E-state index contributed by atoms with van der Waals surface area (Å²) in [7, 11) is 7.53. The Morgan fingerprint density at radius 2 is 1.74 bits per heavy atom. The van der Waals surface area contributed by atoms with Crippen LogP contribution in [0.3, 0.4) is 0 Å². The van der Waals surface area contributed by atoms with E-state index in [1.807, 2.05) is 32.3 Å². The molecule has 2 N–H and O–H groups in total. The van der Waals surface area contributed by atoms with Crippen LogP contribution in [0.5, 0.6) is 0 Å². The number of guanidine groups is 1. The number of benzene rings is 1. The Morgan fingerprint density at radius 1 is 1.11 bits per heavy atom. The molecule has 2 rings (SSSR count). The number of para-hydroxylation sites is 1. The monoisotopic (exact) mass is 487 g/mol. The third kappa shape index (κ3) is 6.55. The molecule has 0 radical (unpaired) electrons. The normalized spacial score (nSPS) is 15.6. The Morgan fingerprint density at radius 3 is 2.30 bits per heavy atom. The molecule has 0 heterocycles. The quantitative estimate of drug-likeness (QED) is 0.353. The minimum atomic E-state index is -0.290. The van der Waals surface area contributed by atoms with Crippen LogP contribution in [0.1, 0.15) is 25.7 Å². The van der Waals surface area contributed by atoms with Crippen molar-refractivity contribution in [3.05, 3.63) is 30.3 Å². The van der Waals surface area contributed by atoms with E-state index in [4.69, 9.17) is 0 Å². The molecule has 0 spiro atoms. The topological polar surface area (TPSA) is 60.0 Å². The summed E-state index contributed by atoms with van der Waals surface area (Å²) in [5, 5.41) is 6.73. The first-order valence-electron chi connectivity index (χ1n) is 9.41. The molecule has 0 atom stereocenters. The molecule has 1 amide bonds. The molecule has 0 unspecified atom stereocenters. The number of carbonyl (C=O) groups is 1. The second-order valence-corrected chi connectivity index (χ2v) is 7.30. The van der Waals surface area contributed by atoms with Crippen LogP contribution in [0.15, 0.2) is 35.3 Å². The highest BCUT2D eigenvalue weighted by Gasteiger charge is 2.42. The minimum Gasteiger partial charge on any atom is -0.373 e. The predicted molar refractivity (Wildman–Crippen MR) is 124 cm³/mol. The van der Waals surface area contributed by atoms with Gasteiger partial charge in [0, 0.05) is 53.5 Å². The summed E-state index contributed by atoms with van der Waals surface area (Å²) in [5.41, 5.74) is 0.904. The lowest BCUT2D eigenvalue weighted by atomic mass is 9.84. The fraction of sp³-hybridized carbons (Fsp3) is 0.600. The van der Waals surface area contributed by atoms with Crippen LogP contribution in [0.2, 0.25) is 0 Å². The molecule has 1 aromatic carbocycles. The largest absolute Gasteiger partial charge is 0.373 e. The van der Waals surface area contributed by atoms with Crippen LogP contribution in [0.4, 0.5) is 5.69 Å². The molecule has 0 aromatic heterocycles. The van der Waals surface area contributed by atoms with Crippen molar-refractivity contribution in [2.75, 3.05) is 52.7 Å². The standard InChI is InChI=1S/C20H33N5O.HI/c1-21-19(22-14-15-25(4)17-10-6-5-7-11-17)23-16-20(12-8-9-13-20)18(26)24(2)3;/h5-7,10-11H,8-9,12-16H2,1-4H3,(H2,21,22,23);1H. The smallest absolute Gasteiger partial charge is 0.230 e. The molecule has 0 aliphatic heterocycles. The first-order valence-corrected chi connectivity index (χ1v) is 9.41. The summed E-state index contributed by atoms with van der Waals surface area (Å²) < 4.78 is 0. The lowest BCUT2D eigenvalue weighted by Crippen LogP contribution is -2.49. The van der Waals surface area contributed by atoms with Gasteiger partial charge in [0.05, 0.1) is 5.41 Å². The van der Waals surface area contributed by atoms with Crippen LogP contribution in [-0.4, -0.2) is 64.6 Å². The van der Waals surface area contributed by atoms with Crippen molar-refractivity contribution in [3.63, 3.8) is 0 Å². The Labute approximate surface area is 180 Å². The molecule has 6 nitrogen and oxygen atoms in total. The van der Waals surface area contributed by atoms with Crippen molar-refractivity contribution in [2.45, 2.75) is 25.7 Å². The van der Waals surface area contributed by atoms with Crippen LogP contribution < -0.4 is 15.5 Å². The van der Waals surface area contributed by atoms with Gasteiger partial charge < -0.3 is 20.4 Å². The number of amides is 1. The summed E-state index contributed by atoms with van der Waals surface area (Å²) in [6.45, 7) is 2.28. The van der Waals surface area contributed by atoms with Gasteiger partial charge in [0.25, 0.3) is 0 Å². The second-order valence-electron chi connectivity index (χ2n) is 7.30. The van der Waals surface area contributed by atoms with Gasteiger partial charge in [-0.15, -0.1) is 24.0 Å². The third-order valence-electron chi connectivity index (χ3n) is 5.17. The van der Waals surface area contributed by atoms with Crippen LogP contribution in [-0.2, 0) is 4.79 Å². The molecule has 1 aromatic rings. The van der Waals surface area contributed by atoms with Gasteiger partial charge in [-0.25, -0.2) is 0 Å². The molecule has 1 saturated carbocycles. The fourth-order valence-electron chi connectivity index (χ4n) is 3.62. The number of carbonyl (C=O) groups excluding carboxylic acids is 1. The molecule has 1 fully saturated rings. The average Bonchev–Trinajstić information content (AvgIpc) is 3.14. The van der Waals surface area contributed by atoms with E-state index < -0.39 is 0 Å². The second kappa shape index (κ2) is 11.4. The Hall–Kier alpha value is -1.51. The number of aliphatic imine (C=N–C) groups is 1. The fourth-order valence-corrected chi connectivity index (χ4v) is 3.62. The maximum absolute atomic E-state index is 12.6. The summed E-state index contributed by atoms with van der Waals surface area (Å²) in [6, 6.07) is 10.3. The predicted octanol–water partition coefficient (Wildman–Crippen LogP) is 2.55. The van der Waals surface area contributed by atoms with Gasteiger partial charge in [0.15, 0.2) is 5.96 Å². The van der Waals surface area contributed by atoms with Gasteiger partial charge in [-0.05, 0) is 25.0 Å². The van der Waals surface area contributed by atoms with Crippen molar-refractivity contribution in [2.24, 2.45) is 10.4 Å². The molecule has 0 bridgehead atoms. The number of nitrogens with zero attached hydrogens (tertiary/aromatic N) is 3. The van der Waals surface area contributed by atoms with Crippen molar-refractivity contribution < 1.29 is 4.79 Å². The van der Waals surface area contributed by atoms with Crippen LogP contribution >= 0.6 is 24.0 Å². The van der Waals surface area contributed by atoms with E-state index in [0.717, 1.165) is 44.7 Å². The van der Waals surface area contributed by atoms with Gasteiger partial charge >= 0.3 is 0 Å². The van der Waals surface area contributed by atoms with E-state index in [9.17, 15) is 4.79 Å². The van der Waals surface area contributed by atoms with Gasteiger partial charge in [-0.2, -0.15) is 0 Å². The van der Waals surface area contributed by atoms with Crippen molar-refractivity contribution in [1.29, 1.82) is 0 Å². The number of nitrogens with one attached hydrogen (secondary N) is 2. The van der Waals surface area contributed by atoms with E-state index in [-0.39, 0.29) is 35.3 Å². The number of halogens is 1. The van der Waals surface area contributed by atoms with Crippen LogP contribution in [0, 0.1) is 5.41 Å². The van der Waals surface area contributed by atoms with E-state index in [1.54, 1.807) is 11.9 Å². The van der Waals surface area contributed by atoms with Crippen molar-refractivity contribution in [3.8, 4) is 0 Å². The van der Waals surface area contributed by atoms with Gasteiger partial charge in [0.2, 0.25) is 5.91 Å². The highest BCUT2D eigenvalue weighted by molar-refractivity contribution is 14.0. The van der Waals surface area contributed by atoms with Crippen molar-refractivity contribution >= 4 is 41.5 Å². The maximum atomic E-state index is 12.6. The zero-order chi connectivity index (χ0) is 19.0. The lowest BCUT2D eigenvalue weighted by molar-refractivity contribution is -0.138. The van der Waals surface area contributed by atoms with E-state index in [1.165, 1.54) is 5.69 Å². The van der Waals surface area contributed by atoms with Crippen molar-refractivity contribution in [1.82, 2.24) is 15.5 Å². The number of likely N-dealkylation sites (N-methyl/N-ethyl adjacent to an activating group) is 1. The van der Waals surface area contributed by atoms with Crippen LogP contribution in [0.25, 0.3) is 0 Å². The lowest BCUT2D eigenvalue weighted by Gasteiger charge is -2.31. The molecule has 152 valence electrons. The molecule has 1 aliphatic carbocycles. The molecular weight excluding hydrogens is 453 g/mol. The summed E-state index contributed by atoms with van der Waals surface area (Å²) in [4.78, 5) is 20.9. The van der Waals surface area contributed by atoms with Gasteiger partial charge in [-0.3, -0.25) is 9.79 Å². The average molecular weight is 487 g/mol. The first kappa shape index (κ1) is 23.5. The first-order chi connectivity index (χ1) is 12.5. The summed E-state index contributed by atoms with van der Waals surface area (Å²) >= 11 is 0. The maximum Gasteiger partial charge on any atom is 0.230 e. The Bertz CT molecular complexity index is 600. The Kier molecular flexibility index (Phi) is 9.90. The molecule has 27 heavy (non-hydrogen) atoms. The van der Waals surface area contributed by atoms with Gasteiger partial charge in [-0.1, -0.05) is 31.0 Å². The highest BCUT2D eigenvalue weighted by Crippen LogP contribution is 2.38. The summed E-state index contributed by atoms with van der Waals surface area (Å²) in [5.74, 6) is 0.978. The Balaban J connectivity index is 0.00000364. The number of anilines is 1. The zero-order valence-electron chi connectivity index (χ0n) is 17.0.